The number of aliphatic hydroxyl groups excluding tert-OH is 1. The molecule has 1 aromatic heterocycles. The van der Waals surface area contributed by atoms with Crippen molar-refractivity contribution in [2.75, 3.05) is 18.1 Å². The van der Waals surface area contributed by atoms with E-state index in [2.05, 4.69) is 11.6 Å². The number of hydrogen-bond donors (Lipinski definition) is 1. The molecule has 1 aliphatic heterocycles. The Balaban J connectivity index is 1.63. The number of carbonyl (C=O) groups is 3. The number of esters is 1. The first-order valence-corrected chi connectivity index (χ1v) is 15.1. The van der Waals surface area contributed by atoms with E-state index in [1.807, 2.05) is 44.2 Å². The van der Waals surface area contributed by atoms with Crippen molar-refractivity contribution in [2.24, 2.45) is 0 Å². The predicted octanol–water partition coefficient (Wildman–Crippen LogP) is 6.71. The van der Waals surface area contributed by atoms with Crippen LogP contribution in [-0.4, -0.2) is 41.0 Å². The molecule has 1 unspecified atom stereocenters. The number of ketones is 1. The molecule has 1 saturated heterocycles. The molecule has 2 heterocycles. The highest BCUT2D eigenvalue weighted by atomic mass is 32.1. The maximum Gasteiger partial charge on any atom is 0.350 e. The first-order chi connectivity index (χ1) is 21.7. The summed E-state index contributed by atoms with van der Waals surface area (Å²) in [6.45, 7) is 9.55. The van der Waals surface area contributed by atoms with Gasteiger partial charge in [0.15, 0.2) is 16.6 Å². The first-order valence-electron chi connectivity index (χ1n) is 14.3. The van der Waals surface area contributed by atoms with Gasteiger partial charge < -0.3 is 19.3 Å². The normalized spacial score (nSPS) is 15.6. The maximum absolute atomic E-state index is 13.7. The Bertz CT molecular complexity index is 1780. The fourth-order valence-corrected chi connectivity index (χ4v) is 5.89. The van der Waals surface area contributed by atoms with Crippen LogP contribution in [-0.2, 0) is 20.9 Å². The van der Waals surface area contributed by atoms with E-state index in [4.69, 9.17) is 14.2 Å². The van der Waals surface area contributed by atoms with Crippen molar-refractivity contribution in [3.8, 4) is 11.5 Å². The molecule has 3 aromatic carbocycles. The van der Waals surface area contributed by atoms with Crippen LogP contribution in [0.15, 0.2) is 91.0 Å². The summed E-state index contributed by atoms with van der Waals surface area (Å²) in [4.78, 5) is 46.0. The summed E-state index contributed by atoms with van der Waals surface area (Å²) in [5.74, 6) is -1.86. The van der Waals surface area contributed by atoms with Gasteiger partial charge in [-0.15, -0.1) is 0 Å². The Hall–Kier alpha value is -5.22. The summed E-state index contributed by atoms with van der Waals surface area (Å²) in [6, 6.07) is 20.7. The van der Waals surface area contributed by atoms with Crippen LogP contribution in [0.25, 0.3) is 5.76 Å². The van der Waals surface area contributed by atoms with Crippen molar-refractivity contribution in [1.82, 2.24) is 4.98 Å². The molecule has 0 aliphatic carbocycles. The van der Waals surface area contributed by atoms with E-state index in [-0.39, 0.29) is 27.9 Å². The average molecular weight is 625 g/mol. The van der Waals surface area contributed by atoms with Crippen LogP contribution >= 0.6 is 11.3 Å². The van der Waals surface area contributed by atoms with Gasteiger partial charge in [0, 0.05) is 5.56 Å². The summed E-state index contributed by atoms with van der Waals surface area (Å²) >= 11 is 0.927. The van der Waals surface area contributed by atoms with Gasteiger partial charge in [-0.3, -0.25) is 14.5 Å². The maximum atomic E-state index is 13.7. The number of carbonyl (C=O) groups excluding carboxylic acids is 3. The molecule has 1 atom stereocenters. The average Bonchev–Trinajstić information content (AvgIpc) is 3.55. The Labute approximate surface area is 265 Å². The minimum absolute atomic E-state index is 0.00542. The third-order valence-corrected chi connectivity index (χ3v) is 8.24. The van der Waals surface area contributed by atoms with Gasteiger partial charge in [-0.05, 0) is 44.0 Å². The monoisotopic (exact) mass is 624 g/mol. The van der Waals surface area contributed by atoms with Crippen LogP contribution in [0.5, 0.6) is 11.5 Å². The molecule has 10 heteroatoms. The zero-order valence-electron chi connectivity index (χ0n) is 25.1. The zero-order chi connectivity index (χ0) is 32.1. The molecule has 1 amide bonds. The Morgan fingerprint density at radius 1 is 1.02 bits per heavy atom. The Morgan fingerprint density at radius 3 is 2.44 bits per heavy atom. The second-order valence-corrected chi connectivity index (χ2v) is 11.2. The molecule has 9 nitrogen and oxygen atoms in total. The number of hydrogen-bond acceptors (Lipinski definition) is 9. The number of aryl methyl sites for hydroxylation is 2. The number of anilines is 1. The fourth-order valence-electron chi connectivity index (χ4n) is 4.90. The molecule has 1 N–H and O–H groups in total. The smallest absolute Gasteiger partial charge is 0.350 e. The number of thiazole rings is 1. The number of rotatable bonds is 11. The van der Waals surface area contributed by atoms with Gasteiger partial charge >= 0.3 is 11.9 Å². The number of amides is 1. The molecule has 1 aliphatic rings. The summed E-state index contributed by atoms with van der Waals surface area (Å²) in [6.07, 6.45) is 1.45. The van der Waals surface area contributed by atoms with Crippen molar-refractivity contribution in [3.63, 3.8) is 0 Å². The topological polar surface area (TPSA) is 115 Å². The van der Waals surface area contributed by atoms with Crippen molar-refractivity contribution in [2.45, 2.75) is 33.4 Å². The molecule has 1 fully saturated rings. The number of aliphatic hydroxyl groups is 1. The van der Waals surface area contributed by atoms with Gasteiger partial charge in [-0.25, -0.2) is 9.78 Å². The molecule has 5 rings (SSSR count). The quantitative estimate of drug-likeness (QED) is 0.0644. The summed E-state index contributed by atoms with van der Waals surface area (Å²) in [5.41, 5.74) is 3.00. The van der Waals surface area contributed by atoms with Crippen molar-refractivity contribution in [3.05, 3.63) is 124 Å². The number of benzene rings is 3. The van der Waals surface area contributed by atoms with E-state index in [1.54, 1.807) is 49.4 Å². The molecule has 0 radical (unpaired) electrons. The number of nitrogens with zero attached hydrogens (tertiary/aromatic N) is 2. The lowest BCUT2D eigenvalue weighted by molar-refractivity contribution is -0.132. The van der Waals surface area contributed by atoms with E-state index in [1.165, 1.54) is 11.0 Å². The van der Waals surface area contributed by atoms with Crippen LogP contribution in [0.4, 0.5) is 5.13 Å². The van der Waals surface area contributed by atoms with Gasteiger partial charge in [0.2, 0.25) is 0 Å². The summed E-state index contributed by atoms with van der Waals surface area (Å²) in [7, 11) is 0. The molecule has 0 spiro atoms. The number of Topliss-reactive ketones (excluding diaryl/α,β-unsaturated/α-hetero) is 1. The highest BCUT2D eigenvalue weighted by Gasteiger charge is 2.48. The van der Waals surface area contributed by atoms with Gasteiger partial charge in [-0.2, -0.15) is 0 Å². The van der Waals surface area contributed by atoms with Gasteiger partial charge in [0.05, 0.1) is 23.9 Å². The van der Waals surface area contributed by atoms with Crippen molar-refractivity contribution in [1.29, 1.82) is 0 Å². The van der Waals surface area contributed by atoms with Crippen LogP contribution in [0.3, 0.4) is 0 Å². The van der Waals surface area contributed by atoms with Crippen LogP contribution < -0.4 is 14.4 Å². The van der Waals surface area contributed by atoms with E-state index in [9.17, 15) is 19.5 Å². The second kappa shape index (κ2) is 13.6. The summed E-state index contributed by atoms with van der Waals surface area (Å²) < 4.78 is 17.2. The van der Waals surface area contributed by atoms with Crippen molar-refractivity contribution < 1.29 is 33.7 Å². The molecule has 45 heavy (non-hydrogen) atoms. The SMILES string of the molecule is C=CCOC(=O)c1sc(N2C(=O)C(=O)C(=C(O)c3ccc(C)cc3)C2c2ccc(OCc3ccccc3)c(OCC)c2)nc1C. The minimum Gasteiger partial charge on any atom is -0.507 e. The third-order valence-electron chi connectivity index (χ3n) is 7.10. The second-order valence-electron chi connectivity index (χ2n) is 10.2. The highest BCUT2D eigenvalue weighted by Crippen LogP contribution is 2.45. The van der Waals surface area contributed by atoms with Crippen LogP contribution in [0, 0.1) is 13.8 Å². The van der Waals surface area contributed by atoms with Gasteiger partial charge in [0.25, 0.3) is 5.78 Å². The van der Waals surface area contributed by atoms with E-state index >= 15 is 0 Å². The number of aromatic nitrogens is 1. The fraction of sp³-hybridized carbons (Fsp3) is 0.200. The summed E-state index contributed by atoms with van der Waals surface area (Å²) in [5, 5.41) is 11.6. The molecular weight excluding hydrogens is 592 g/mol. The third kappa shape index (κ3) is 6.51. The largest absolute Gasteiger partial charge is 0.507 e. The van der Waals surface area contributed by atoms with E-state index < -0.39 is 23.7 Å². The molecular formula is C35H32N2O7S. The van der Waals surface area contributed by atoms with Crippen LogP contribution in [0.1, 0.15) is 50.6 Å². The highest BCUT2D eigenvalue weighted by molar-refractivity contribution is 7.17. The Morgan fingerprint density at radius 2 is 1.76 bits per heavy atom. The molecule has 0 saturated carbocycles. The minimum atomic E-state index is -1.09. The molecule has 4 aromatic rings. The molecule has 0 bridgehead atoms. The van der Waals surface area contributed by atoms with Crippen LogP contribution in [0.2, 0.25) is 0 Å². The lowest BCUT2D eigenvalue weighted by Gasteiger charge is -2.24. The Kier molecular flexibility index (Phi) is 9.44. The first kappa shape index (κ1) is 31.2. The molecule has 230 valence electrons. The lowest BCUT2D eigenvalue weighted by Crippen LogP contribution is -2.29. The van der Waals surface area contributed by atoms with Gasteiger partial charge in [-0.1, -0.05) is 90.2 Å². The van der Waals surface area contributed by atoms with E-state index in [0.717, 1.165) is 22.5 Å². The predicted molar refractivity (Wildman–Crippen MR) is 172 cm³/mol. The van der Waals surface area contributed by atoms with Crippen molar-refractivity contribution >= 4 is 39.9 Å². The van der Waals surface area contributed by atoms with Gasteiger partial charge in [0.1, 0.15) is 23.9 Å². The lowest BCUT2D eigenvalue weighted by atomic mass is 9.95. The van der Waals surface area contributed by atoms with E-state index in [0.29, 0.717) is 41.5 Å². The zero-order valence-corrected chi connectivity index (χ0v) is 25.9. The number of ether oxygens (including phenoxy) is 3. The standard InChI is InChI=1S/C35H32N2O7S/c1-5-18-43-34(41)32-22(4)36-35(45-32)37-29(28(31(39)33(37)40)30(38)24-14-12-21(3)13-15-24)25-16-17-26(27(19-25)42-6-2)44-20-23-10-8-7-9-11-23/h5,7-17,19,29,38H,1,6,18,20H2,2-4H3.